The van der Waals surface area contributed by atoms with Crippen LogP contribution in [0.3, 0.4) is 0 Å². The average Bonchev–Trinajstić information content (AvgIpc) is 3.62. The predicted octanol–water partition coefficient (Wildman–Crippen LogP) is 4.08. The largest absolute Gasteiger partial charge is 0.497 e. The monoisotopic (exact) mass is 479 g/mol. The molecule has 6 heteroatoms. The lowest BCUT2D eigenvalue weighted by Gasteiger charge is -2.63. The summed E-state index contributed by atoms with van der Waals surface area (Å²) >= 11 is 2.07. The van der Waals surface area contributed by atoms with Crippen LogP contribution in [0.25, 0.3) is 0 Å². The van der Waals surface area contributed by atoms with Crippen LogP contribution in [0.5, 0.6) is 5.75 Å². The van der Waals surface area contributed by atoms with Crippen molar-refractivity contribution in [1.82, 2.24) is 14.7 Å². The molecule has 3 heterocycles. The van der Waals surface area contributed by atoms with Crippen LogP contribution in [0.2, 0.25) is 0 Å². The van der Waals surface area contributed by atoms with E-state index >= 15 is 0 Å². The zero-order valence-corrected chi connectivity index (χ0v) is 21.4. The van der Waals surface area contributed by atoms with Crippen molar-refractivity contribution < 1.29 is 9.84 Å². The molecule has 2 bridgehead atoms. The van der Waals surface area contributed by atoms with E-state index < -0.39 is 5.60 Å². The fraction of sp³-hybridized carbons (Fsp3) is 0.679. The number of aromatic nitrogens is 2. The van der Waals surface area contributed by atoms with E-state index in [0.29, 0.717) is 6.04 Å². The van der Waals surface area contributed by atoms with Crippen LogP contribution in [-0.4, -0.2) is 63.1 Å². The highest BCUT2D eigenvalue weighted by Crippen LogP contribution is 2.58. The van der Waals surface area contributed by atoms with E-state index in [9.17, 15) is 5.11 Å². The molecule has 3 atom stereocenters. The van der Waals surface area contributed by atoms with E-state index in [1.54, 1.807) is 7.11 Å². The minimum atomic E-state index is -0.756. The Morgan fingerprint density at radius 1 is 1.18 bits per heavy atom. The molecule has 1 N–H and O–H groups in total. The zero-order valence-electron chi connectivity index (χ0n) is 20.6. The molecule has 5 nitrogen and oxygen atoms in total. The van der Waals surface area contributed by atoms with Crippen LogP contribution >= 0.6 is 11.8 Å². The van der Waals surface area contributed by atoms with E-state index in [-0.39, 0.29) is 11.5 Å². The van der Waals surface area contributed by atoms with Crippen LogP contribution in [0.4, 0.5) is 0 Å². The van der Waals surface area contributed by atoms with Crippen molar-refractivity contribution in [3.63, 3.8) is 0 Å². The van der Waals surface area contributed by atoms with E-state index in [1.165, 1.54) is 65.3 Å². The molecule has 1 aromatic heterocycles. The first-order valence-electron chi connectivity index (χ1n) is 13.3. The molecule has 0 spiro atoms. The third-order valence-electron chi connectivity index (χ3n) is 9.89. The molecule has 2 saturated heterocycles. The van der Waals surface area contributed by atoms with Gasteiger partial charge in [0.1, 0.15) is 5.75 Å². The number of rotatable bonds is 4. The summed E-state index contributed by atoms with van der Waals surface area (Å²) in [6, 6.07) is 7.31. The lowest BCUT2D eigenvalue weighted by Crippen LogP contribution is -2.74. The molecule has 0 radical (unpaired) electrons. The Kier molecular flexibility index (Phi) is 4.96. The lowest BCUT2D eigenvalue weighted by atomic mass is 9.49. The number of benzene rings is 1. The molecule has 5 aliphatic rings. The molecule has 182 valence electrons. The van der Waals surface area contributed by atoms with Gasteiger partial charge in [0.05, 0.1) is 24.4 Å². The van der Waals surface area contributed by atoms with Crippen molar-refractivity contribution >= 4 is 11.8 Å². The van der Waals surface area contributed by atoms with Gasteiger partial charge in [0.2, 0.25) is 0 Å². The molecule has 2 aliphatic heterocycles. The van der Waals surface area contributed by atoms with Gasteiger partial charge in [0.15, 0.2) is 0 Å². The molecule has 3 aliphatic carbocycles. The molecular formula is C28H37N3O2S. The Morgan fingerprint density at radius 3 is 2.76 bits per heavy atom. The minimum Gasteiger partial charge on any atom is -0.497 e. The molecule has 2 aromatic rings. The summed E-state index contributed by atoms with van der Waals surface area (Å²) in [7, 11) is 1.75. The standard InChI is InChI=1S/C28H37N3O2S/c1-18-23-15-28(32)26-13-20-5-6-22(33-2)14-24(20)27(28,9-10-30(26)17-19-3-4-19)16-25(23)29-31(18)21-7-11-34-12-8-21/h5-6,14,19,21,26,32H,3-4,7-13,15-17H2,1-2H3/t26-,27-,28-/m1/s1. The zero-order chi connectivity index (χ0) is 23.1. The van der Waals surface area contributed by atoms with Crippen molar-refractivity contribution in [2.24, 2.45) is 5.92 Å². The number of thioether (sulfide) groups is 1. The van der Waals surface area contributed by atoms with Crippen molar-refractivity contribution in [2.45, 2.75) is 81.4 Å². The van der Waals surface area contributed by atoms with Crippen molar-refractivity contribution in [1.29, 1.82) is 0 Å². The van der Waals surface area contributed by atoms with Crippen LogP contribution < -0.4 is 4.74 Å². The Labute approximate surface area is 207 Å². The Bertz CT molecular complexity index is 1120. The molecule has 7 rings (SSSR count). The first-order valence-corrected chi connectivity index (χ1v) is 14.5. The van der Waals surface area contributed by atoms with Gasteiger partial charge >= 0.3 is 0 Å². The summed E-state index contributed by atoms with van der Waals surface area (Å²) in [4.78, 5) is 2.66. The van der Waals surface area contributed by atoms with Crippen LogP contribution in [0.15, 0.2) is 18.2 Å². The second kappa shape index (κ2) is 7.75. The van der Waals surface area contributed by atoms with E-state index in [1.807, 2.05) is 0 Å². The smallest absolute Gasteiger partial charge is 0.119 e. The topological polar surface area (TPSA) is 50.5 Å². The molecular weight excluding hydrogens is 442 g/mol. The van der Waals surface area contributed by atoms with Crippen LogP contribution in [-0.2, 0) is 24.7 Å². The summed E-state index contributed by atoms with van der Waals surface area (Å²) in [5.41, 5.74) is 5.57. The fourth-order valence-electron chi connectivity index (χ4n) is 7.81. The number of likely N-dealkylation sites (tertiary alicyclic amines) is 1. The Morgan fingerprint density at radius 2 is 2.00 bits per heavy atom. The van der Waals surface area contributed by atoms with E-state index in [4.69, 9.17) is 9.84 Å². The van der Waals surface area contributed by atoms with Crippen molar-refractivity contribution in [3.05, 3.63) is 46.3 Å². The third kappa shape index (κ3) is 3.04. The number of methoxy groups -OCH3 is 1. The summed E-state index contributed by atoms with van der Waals surface area (Å²) in [5.74, 6) is 4.20. The van der Waals surface area contributed by atoms with Gasteiger partial charge in [-0.25, -0.2) is 0 Å². The summed E-state index contributed by atoms with van der Waals surface area (Å²) in [5, 5.41) is 18.1. The quantitative estimate of drug-likeness (QED) is 0.716. The molecule has 34 heavy (non-hydrogen) atoms. The Hall–Kier alpha value is -1.50. The van der Waals surface area contributed by atoms with Crippen molar-refractivity contribution in [3.8, 4) is 5.75 Å². The lowest BCUT2D eigenvalue weighted by molar-refractivity contribution is -0.152. The second-order valence-electron chi connectivity index (χ2n) is 11.6. The summed E-state index contributed by atoms with van der Waals surface area (Å²) in [6.07, 6.45) is 8.65. The van der Waals surface area contributed by atoms with Gasteiger partial charge < -0.3 is 9.84 Å². The SMILES string of the molecule is COc1ccc2c(c1)[C@]13CCN(CC4CC4)[C@H](C2)[C@]1(O)Cc1c(nn(C2CCSCC2)c1C)C3. The Balaban J connectivity index is 1.36. The average molecular weight is 480 g/mol. The number of nitrogens with zero attached hydrogens (tertiary/aromatic N) is 3. The number of aliphatic hydroxyl groups is 1. The first-order chi connectivity index (χ1) is 16.5. The number of piperidine rings is 1. The van der Waals surface area contributed by atoms with Crippen LogP contribution in [0.1, 0.15) is 66.2 Å². The highest BCUT2D eigenvalue weighted by atomic mass is 32.2. The highest BCUT2D eigenvalue weighted by Gasteiger charge is 2.65. The number of hydrogen-bond acceptors (Lipinski definition) is 5. The van der Waals surface area contributed by atoms with E-state index in [2.05, 4.69) is 46.5 Å². The van der Waals surface area contributed by atoms with Gasteiger partial charge in [-0.3, -0.25) is 9.58 Å². The van der Waals surface area contributed by atoms with E-state index in [0.717, 1.165) is 50.4 Å². The summed E-state index contributed by atoms with van der Waals surface area (Å²) in [6.45, 7) is 4.49. The highest BCUT2D eigenvalue weighted by molar-refractivity contribution is 7.99. The van der Waals surface area contributed by atoms with Gasteiger partial charge in [-0.2, -0.15) is 16.9 Å². The number of ether oxygens (including phenoxy) is 1. The normalized spacial score (nSPS) is 33.2. The van der Waals surface area contributed by atoms with Gasteiger partial charge in [-0.05, 0) is 98.2 Å². The second-order valence-corrected chi connectivity index (χ2v) is 12.8. The number of fused-ring (bicyclic) bond motifs is 2. The fourth-order valence-corrected chi connectivity index (χ4v) is 8.89. The maximum Gasteiger partial charge on any atom is 0.119 e. The summed E-state index contributed by atoms with van der Waals surface area (Å²) < 4.78 is 8.01. The molecule has 1 saturated carbocycles. The van der Waals surface area contributed by atoms with Gasteiger partial charge in [0.25, 0.3) is 0 Å². The maximum absolute atomic E-state index is 12.8. The molecule has 0 unspecified atom stereocenters. The van der Waals surface area contributed by atoms with Gasteiger partial charge in [-0.1, -0.05) is 6.07 Å². The molecule has 3 fully saturated rings. The maximum atomic E-state index is 12.8. The van der Waals surface area contributed by atoms with Crippen molar-refractivity contribution in [2.75, 3.05) is 31.7 Å². The minimum absolute atomic E-state index is 0.185. The first kappa shape index (κ1) is 21.8. The predicted molar refractivity (Wildman–Crippen MR) is 136 cm³/mol. The molecule has 1 aromatic carbocycles. The van der Waals surface area contributed by atoms with Crippen LogP contribution in [0, 0.1) is 12.8 Å². The molecule has 0 amide bonds. The van der Waals surface area contributed by atoms with Gasteiger partial charge in [-0.15, -0.1) is 0 Å². The third-order valence-corrected chi connectivity index (χ3v) is 10.9. The number of hydrogen-bond donors (Lipinski definition) is 1. The van der Waals surface area contributed by atoms with Gasteiger partial charge in [0, 0.05) is 36.5 Å².